The van der Waals surface area contributed by atoms with Gasteiger partial charge < -0.3 is 9.64 Å². The van der Waals surface area contributed by atoms with Crippen molar-refractivity contribution in [2.75, 3.05) is 19.7 Å². The van der Waals surface area contributed by atoms with Crippen molar-refractivity contribution in [3.63, 3.8) is 0 Å². The summed E-state index contributed by atoms with van der Waals surface area (Å²) in [6.07, 6.45) is 2.79. The molecule has 3 aromatic rings. The van der Waals surface area contributed by atoms with E-state index in [9.17, 15) is 14.0 Å². The Morgan fingerprint density at radius 1 is 1.20 bits per heavy atom. The van der Waals surface area contributed by atoms with Crippen molar-refractivity contribution < 1.29 is 18.7 Å². The fourth-order valence-electron chi connectivity index (χ4n) is 3.81. The minimum atomic E-state index is -0.332. The zero-order chi connectivity index (χ0) is 21.3. The third-order valence-corrected chi connectivity index (χ3v) is 5.48. The van der Waals surface area contributed by atoms with Crippen molar-refractivity contribution in [3.8, 4) is 11.3 Å². The minimum absolute atomic E-state index is 0.124. The van der Waals surface area contributed by atoms with Gasteiger partial charge in [-0.1, -0.05) is 0 Å². The Morgan fingerprint density at radius 2 is 1.90 bits per heavy atom. The number of benzene rings is 1. The van der Waals surface area contributed by atoms with Crippen LogP contribution in [0.25, 0.3) is 22.3 Å². The summed E-state index contributed by atoms with van der Waals surface area (Å²) in [5, 5.41) is 4.92. The highest BCUT2D eigenvalue weighted by Gasteiger charge is 2.30. The molecular formula is C22H23FN4O3. The van der Waals surface area contributed by atoms with Crippen LogP contribution in [0.15, 0.2) is 36.5 Å². The molecule has 2 aromatic heterocycles. The van der Waals surface area contributed by atoms with Crippen LogP contribution >= 0.6 is 0 Å². The Hall–Kier alpha value is -3.29. The highest BCUT2D eigenvalue weighted by atomic mass is 19.1. The van der Waals surface area contributed by atoms with E-state index in [1.165, 1.54) is 12.1 Å². The maximum atomic E-state index is 13.3. The Kier molecular flexibility index (Phi) is 5.48. The average molecular weight is 410 g/mol. The third kappa shape index (κ3) is 3.77. The summed E-state index contributed by atoms with van der Waals surface area (Å²) < 4.78 is 20.1. The van der Waals surface area contributed by atoms with Crippen molar-refractivity contribution in [3.05, 3.63) is 47.9 Å². The van der Waals surface area contributed by atoms with Gasteiger partial charge in [0.25, 0.3) is 5.91 Å². The third-order valence-electron chi connectivity index (χ3n) is 5.48. The molecule has 0 atom stereocenters. The van der Waals surface area contributed by atoms with E-state index in [2.05, 4.69) is 10.1 Å². The van der Waals surface area contributed by atoms with Gasteiger partial charge in [0.1, 0.15) is 5.82 Å². The van der Waals surface area contributed by atoms with E-state index in [1.807, 2.05) is 0 Å². The second-order valence-electron chi connectivity index (χ2n) is 7.39. The second-order valence-corrected chi connectivity index (χ2v) is 7.39. The lowest BCUT2D eigenvalue weighted by atomic mass is 9.96. The Balaban J connectivity index is 1.64. The molecule has 0 bridgehead atoms. The number of fused-ring (bicyclic) bond motifs is 1. The lowest BCUT2D eigenvalue weighted by Crippen LogP contribution is -2.40. The highest BCUT2D eigenvalue weighted by molar-refractivity contribution is 6.06. The number of aromatic nitrogens is 3. The molecule has 0 spiro atoms. The smallest absolute Gasteiger partial charge is 0.309 e. The Labute approximate surface area is 173 Å². The van der Waals surface area contributed by atoms with Crippen LogP contribution in [0.2, 0.25) is 0 Å². The molecule has 0 radical (unpaired) electrons. The van der Waals surface area contributed by atoms with Crippen LogP contribution in [-0.4, -0.2) is 51.2 Å². The van der Waals surface area contributed by atoms with Crippen molar-refractivity contribution in [1.29, 1.82) is 0 Å². The molecule has 0 N–H and O–H groups in total. The largest absolute Gasteiger partial charge is 0.466 e. The number of aryl methyl sites for hydroxylation is 1. The number of rotatable bonds is 4. The van der Waals surface area contributed by atoms with E-state index in [1.54, 1.807) is 47.9 Å². The number of nitrogens with zero attached hydrogens (tertiary/aromatic N) is 4. The maximum absolute atomic E-state index is 13.3. The van der Waals surface area contributed by atoms with Crippen molar-refractivity contribution in [2.45, 2.75) is 19.8 Å². The van der Waals surface area contributed by atoms with Gasteiger partial charge in [0.2, 0.25) is 0 Å². The first-order valence-electron chi connectivity index (χ1n) is 10.0. The molecule has 0 saturated carbocycles. The van der Waals surface area contributed by atoms with Crippen LogP contribution < -0.4 is 0 Å². The Morgan fingerprint density at radius 3 is 2.57 bits per heavy atom. The molecule has 0 unspecified atom stereocenters. The quantitative estimate of drug-likeness (QED) is 0.618. The summed E-state index contributed by atoms with van der Waals surface area (Å²) in [6.45, 7) is 3.12. The number of carbonyl (C=O) groups is 2. The fraction of sp³-hybridized carbons (Fsp3) is 0.364. The van der Waals surface area contributed by atoms with Gasteiger partial charge in [0.05, 0.1) is 35.4 Å². The van der Waals surface area contributed by atoms with Crippen LogP contribution in [0.3, 0.4) is 0 Å². The SMILES string of the molecule is CCOC(=O)C1CCN(C(=O)c2cc(-c3ccc(F)cc3)nc3c2cnn3C)CC1. The van der Waals surface area contributed by atoms with Gasteiger partial charge in [-0.25, -0.2) is 9.37 Å². The molecule has 1 amide bonds. The number of hydrogen-bond donors (Lipinski definition) is 0. The molecule has 1 aliphatic heterocycles. The number of likely N-dealkylation sites (tertiary alicyclic amines) is 1. The summed E-state index contributed by atoms with van der Waals surface area (Å²) in [6, 6.07) is 7.74. The predicted molar refractivity (Wildman–Crippen MR) is 109 cm³/mol. The molecule has 30 heavy (non-hydrogen) atoms. The highest BCUT2D eigenvalue weighted by Crippen LogP contribution is 2.27. The average Bonchev–Trinajstić information content (AvgIpc) is 3.14. The lowest BCUT2D eigenvalue weighted by Gasteiger charge is -2.31. The van der Waals surface area contributed by atoms with E-state index in [4.69, 9.17) is 4.74 Å². The number of amides is 1. The first kappa shape index (κ1) is 20.0. The zero-order valence-corrected chi connectivity index (χ0v) is 17.0. The normalized spacial score (nSPS) is 14.8. The second kappa shape index (κ2) is 8.22. The predicted octanol–water partition coefficient (Wildman–Crippen LogP) is 3.19. The number of halogens is 1. The molecule has 8 heteroatoms. The maximum Gasteiger partial charge on any atom is 0.309 e. The standard InChI is InChI=1S/C22H23FN4O3/c1-3-30-22(29)15-8-10-27(11-9-15)21(28)17-12-19(14-4-6-16(23)7-5-14)25-20-18(17)13-24-26(20)2/h4-7,12-13,15H,3,8-11H2,1-2H3. The van der Waals surface area contributed by atoms with Gasteiger partial charge in [-0.15, -0.1) is 0 Å². The van der Waals surface area contributed by atoms with Crippen molar-refractivity contribution in [1.82, 2.24) is 19.7 Å². The fourth-order valence-corrected chi connectivity index (χ4v) is 3.81. The van der Waals surface area contributed by atoms with Crippen molar-refractivity contribution in [2.24, 2.45) is 13.0 Å². The Bertz CT molecular complexity index is 1090. The van der Waals surface area contributed by atoms with Gasteiger partial charge >= 0.3 is 5.97 Å². The molecule has 3 heterocycles. The first-order chi connectivity index (χ1) is 14.5. The topological polar surface area (TPSA) is 77.3 Å². The molecule has 0 aliphatic carbocycles. The monoisotopic (exact) mass is 410 g/mol. The summed E-state index contributed by atoms with van der Waals surface area (Å²) in [7, 11) is 1.77. The van der Waals surface area contributed by atoms with E-state index in [-0.39, 0.29) is 23.6 Å². The van der Waals surface area contributed by atoms with Crippen LogP contribution in [0.5, 0.6) is 0 Å². The van der Waals surface area contributed by atoms with Crippen LogP contribution in [-0.2, 0) is 16.6 Å². The van der Waals surface area contributed by atoms with Gasteiger partial charge in [-0.2, -0.15) is 5.10 Å². The summed E-state index contributed by atoms with van der Waals surface area (Å²) in [5.41, 5.74) is 2.38. The molecular weight excluding hydrogens is 387 g/mol. The van der Waals surface area contributed by atoms with Crippen LogP contribution in [0.4, 0.5) is 4.39 Å². The summed E-state index contributed by atoms with van der Waals surface area (Å²) >= 11 is 0. The van der Waals surface area contributed by atoms with Crippen LogP contribution in [0.1, 0.15) is 30.1 Å². The van der Waals surface area contributed by atoms with Gasteiger partial charge in [-0.05, 0) is 50.1 Å². The molecule has 7 nitrogen and oxygen atoms in total. The zero-order valence-electron chi connectivity index (χ0n) is 17.0. The van der Waals surface area contributed by atoms with Gasteiger partial charge in [0.15, 0.2) is 5.65 Å². The molecule has 1 aromatic carbocycles. The summed E-state index contributed by atoms with van der Waals surface area (Å²) in [5.74, 6) is -0.816. The number of carbonyl (C=O) groups excluding carboxylic acids is 2. The number of hydrogen-bond acceptors (Lipinski definition) is 5. The molecule has 156 valence electrons. The van der Waals surface area contributed by atoms with Crippen molar-refractivity contribution >= 4 is 22.9 Å². The lowest BCUT2D eigenvalue weighted by molar-refractivity contribution is -0.149. The molecule has 4 rings (SSSR count). The first-order valence-corrected chi connectivity index (χ1v) is 10.0. The number of piperidine rings is 1. The summed E-state index contributed by atoms with van der Waals surface area (Å²) in [4.78, 5) is 31.7. The van der Waals surface area contributed by atoms with E-state index >= 15 is 0 Å². The van der Waals surface area contributed by atoms with Crippen LogP contribution in [0, 0.1) is 11.7 Å². The molecule has 1 fully saturated rings. The van der Waals surface area contributed by atoms with E-state index < -0.39 is 0 Å². The molecule has 1 aliphatic rings. The molecule has 1 saturated heterocycles. The number of pyridine rings is 1. The van der Waals surface area contributed by atoms with E-state index in [0.717, 1.165) is 5.56 Å². The van der Waals surface area contributed by atoms with Gasteiger partial charge in [-0.3, -0.25) is 14.3 Å². The minimum Gasteiger partial charge on any atom is -0.466 e. The number of esters is 1. The van der Waals surface area contributed by atoms with Gasteiger partial charge in [0, 0.05) is 25.7 Å². The number of ether oxygens (including phenoxy) is 1. The van der Waals surface area contributed by atoms with E-state index in [0.29, 0.717) is 54.8 Å².